The van der Waals surface area contributed by atoms with Crippen LogP contribution in [0.1, 0.15) is 20.8 Å². The maximum atomic E-state index is 12.2. The van der Waals surface area contributed by atoms with Crippen LogP contribution in [0.5, 0.6) is 0 Å². The van der Waals surface area contributed by atoms with Crippen LogP contribution in [0.15, 0.2) is 30.3 Å². The van der Waals surface area contributed by atoms with Crippen LogP contribution in [0.25, 0.3) is 0 Å². The number of rotatable bonds is 7. The first kappa shape index (κ1) is 18.9. The average molecular weight is 311 g/mol. The van der Waals surface area contributed by atoms with Gasteiger partial charge in [-0.2, -0.15) is 4.99 Å². The van der Waals surface area contributed by atoms with Gasteiger partial charge in [0.05, 0.1) is 5.16 Å². The van der Waals surface area contributed by atoms with Crippen LogP contribution in [0.3, 0.4) is 0 Å². The van der Waals surface area contributed by atoms with E-state index in [1.54, 1.807) is 0 Å². The number of amides is 1. The Morgan fingerprint density at radius 2 is 1.52 bits per heavy atom. The van der Waals surface area contributed by atoms with Crippen molar-refractivity contribution >= 4 is 35.2 Å². The first-order valence-electron chi connectivity index (χ1n) is 6.02. The number of esters is 2. The number of hydrogen-bond acceptors (Lipinski definition) is 6. The Bertz CT molecular complexity index is 479. The van der Waals surface area contributed by atoms with E-state index in [0.717, 1.165) is 12.2 Å². The lowest BCUT2D eigenvalue weighted by Crippen LogP contribution is -2.49. The lowest BCUT2D eigenvalue weighted by atomic mass is 9.79. The highest BCUT2D eigenvalue weighted by molar-refractivity contribution is 7.78. The van der Waals surface area contributed by atoms with E-state index in [1.807, 2.05) is 5.16 Å². The van der Waals surface area contributed by atoms with Gasteiger partial charge in [-0.1, -0.05) is 13.2 Å². The monoisotopic (exact) mass is 311 g/mol. The van der Waals surface area contributed by atoms with Crippen molar-refractivity contribution in [3.8, 4) is 0 Å². The zero-order valence-electron chi connectivity index (χ0n) is 12.1. The molecule has 2 atom stereocenters. The van der Waals surface area contributed by atoms with Crippen LogP contribution in [-0.2, 0) is 23.9 Å². The topological polar surface area (TPSA) is 82.0 Å². The molecule has 0 aromatic rings. The van der Waals surface area contributed by atoms with Crippen LogP contribution in [0.4, 0.5) is 0 Å². The molecule has 0 rings (SSSR count). The van der Waals surface area contributed by atoms with Crippen molar-refractivity contribution in [3.63, 3.8) is 0 Å². The van der Waals surface area contributed by atoms with Gasteiger partial charge in [0.2, 0.25) is 0 Å². The maximum Gasteiger partial charge on any atom is 0.330 e. The van der Waals surface area contributed by atoms with Crippen LogP contribution in [0.2, 0.25) is 0 Å². The van der Waals surface area contributed by atoms with Crippen molar-refractivity contribution in [2.24, 2.45) is 10.4 Å². The summed E-state index contributed by atoms with van der Waals surface area (Å²) in [5.41, 5.74) is -1.43. The normalized spacial score (nSPS) is 15.4. The number of isothiocyanates is 1. The highest BCUT2D eigenvalue weighted by atomic mass is 32.1. The zero-order valence-corrected chi connectivity index (χ0v) is 12.9. The molecule has 0 bridgehead atoms. The Morgan fingerprint density at radius 3 is 1.81 bits per heavy atom. The van der Waals surface area contributed by atoms with Crippen LogP contribution in [0, 0.1) is 5.41 Å². The number of ether oxygens (including phenoxy) is 2. The zero-order chi connectivity index (χ0) is 16.6. The summed E-state index contributed by atoms with van der Waals surface area (Å²) in [6.07, 6.45) is 0.0552. The molecule has 1 amide bonds. The Hall–Kier alpha value is -2.11. The molecule has 0 fully saturated rings. The number of carbonyl (C=O) groups is 3. The molecule has 21 heavy (non-hydrogen) atoms. The molecule has 114 valence electrons. The number of aliphatic imine (C=N–C) groups is 1. The molecule has 0 heterocycles. The first-order valence-corrected chi connectivity index (χ1v) is 6.43. The van der Waals surface area contributed by atoms with Crippen molar-refractivity contribution in [2.75, 3.05) is 0 Å². The van der Waals surface area contributed by atoms with Crippen molar-refractivity contribution < 1.29 is 23.9 Å². The SMILES string of the molecule is C=CC(=O)OC(C)C(C)(C(=O)N=C=S)C(C)OC(=O)C=C. The molecule has 0 saturated carbocycles. The highest BCUT2D eigenvalue weighted by Crippen LogP contribution is 2.32. The minimum absolute atomic E-state index is 0.713. The fourth-order valence-electron chi connectivity index (χ4n) is 1.53. The summed E-state index contributed by atoms with van der Waals surface area (Å²) in [4.78, 5) is 38.2. The molecule has 0 aliphatic rings. The molecule has 2 unspecified atom stereocenters. The third-order valence-electron chi connectivity index (χ3n) is 3.22. The van der Waals surface area contributed by atoms with E-state index in [1.165, 1.54) is 20.8 Å². The van der Waals surface area contributed by atoms with Gasteiger partial charge in [-0.25, -0.2) is 9.59 Å². The largest absolute Gasteiger partial charge is 0.458 e. The summed E-state index contributed by atoms with van der Waals surface area (Å²) in [6.45, 7) is 11.0. The van der Waals surface area contributed by atoms with E-state index < -0.39 is 35.5 Å². The van der Waals surface area contributed by atoms with Crippen LogP contribution < -0.4 is 0 Å². The summed E-state index contributed by atoms with van der Waals surface area (Å²) >= 11 is 4.41. The van der Waals surface area contributed by atoms with Gasteiger partial charge in [0.25, 0.3) is 5.91 Å². The third kappa shape index (κ3) is 4.73. The van der Waals surface area contributed by atoms with Crippen molar-refractivity contribution in [2.45, 2.75) is 33.0 Å². The van der Waals surface area contributed by atoms with Gasteiger partial charge in [0, 0.05) is 12.2 Å². The lowest BCUT2D eigenvalue weighted by molar-refractivity contribution is -0.168. The molecule has 0 aliphatic heterocycles. The Balaban J connectivity index is 5.54. The number of thiocarbonyl (C=S) groups is 1. The summed E-state index contributed by atoms with van der Waals surface area (Å²) in [6, 6.07) is 0. The number of nitrogens with zero attached hydrogens (tertiary/aromatic N) is 1. The average Bonchev–Trinajstić information content (AvgIpc) is 2.45. The van der Waals surface area contributed by atoms with Gasteiger partial charge >= 0.3 is 11.9 Å². The molecule has 0 aromatic heterocycles. The fraction of sp³-hybridized carbons (Fsp3) is 0.429. The summed E-state index contributed by atoms with van der Waals surface area (Å²) in [5, 5.41) is 1.96. The highest BCUT2D eigenvalue weighted by Gasteiger charge is 2.48. The summed E-state index contributed by atoms with van der Waals surface area (Å²) < 4.78 is 10.1. The van der Waals surface area contributed by atoms with Crippen LogP contribution in [-0.4, -0.2) is 35.2 Å². The van der Waals surface area contributed by atoms with E-state index in [9.17, 15) is 14.4 Å². The predicted octanol–water partition coefficient (Wildman–Crippen LogP) is 1.86. The Kier molecular flexibility index (Phi) is 7.41. The molecule has 0 N–H and O–H groups in total. The Morgan fingerprint density at radius 1 is 1.14 bits per heavy atom. The molecule has 0 radical (unpaired) electrons. The van der Waals surface area contributed by atoms with Crippen molar-refractivity contribution in [1.82, 2.24) is 0 Å². The third-order valence-corrected chi connectivity index (χ3v) is 3.31. The molecular weight excluding hydrogens is 294 g/mol. The molecule has 0 spiro atoms. The van der Waals surface area contributed by atoms with E-state index >= 15 is 0 Å². The number of carbonyl (C=O) groups excluding carboxylic acids is 3. The molecule has 6 nitrogen and oxygen atoms in total. The second kappa shape index (κ2) is 8.24. The minimum atomic E-state index is -1.43. The quantitative estimate of drug-likeness (QED) is 0.309. The van der Waals surface area contributed by atoms with Crippen LogP contribution >= 0.6 is 12.2 Å². The lowest BCUT2D eigenvalue weighted by Gasteiger charge is -2.35. The molecule has 0 saturated heterocycles. The molecule has 0 aromatic carbocycles. The second-order valence-electron chi connectivity index (χ2n) is 4.36. The van der Waals surface area contributed by atoms with Gasteiger partial charge in [-0.15, -0.1) is 0 Å². The fourth-order valence-corrected chi connectivity index (χ4v) is 1.61. The second-order valence-corrected chi connectivity index (χ2v) is 4.54. The maximum absolute atomic E-state index is 12.2. The predicted molar refractivity (Wildman–Crippen MR) is 79.6 cm³/mol. The van der Waals surface area contributed by atoms with Gasteiger partial charge < -0.3 is 9.47 Å². The molecular formula is C14H17NO5S. The standard InChI is InChI=1S/C14H17NO5S/c1-6-11(16)19-9(3)14(5,13(18)15-8-21)10(4)20-12(17)7-2/h6-7,9-10H,1-2H2,3-5H3. The van der Waals surface area contributed by atoms with Crippen molar-refractivity contribution in [1.29, 1.82) is 0 Å². The van der Waals surface area contributed by atoms with Gasteiger partial charge in [-0.3, -0.25) is 4.79 Å². The van der Waals surface area contributed by atoms with Gasteiger partial charge in [0.15, 0.2) is 0 Å². The van der Waals surface area contributed by atoms with Gasteiger partial charge in [0.1, 0.15) is 17.6 Å². The minimum Gasteiger partial charge on any atom is -0.458 e. The molecule has 0 aliphatic carbocycles. The van der Waals surface area contributed by atoms with Gasteiger partial charge in [-0.05, 0) is 33.0 Å². The first-order chi connectivity index (χ1) is 9.73. The number of hydrogen-bond donors (Lipinski definition) is 0. The van der Waals surface area contributed by atoms with Crippen molar-refractivity contribution in [3.05, 3.63) is 25.3 Å². The van der Waals surface area contributed by atoms with E-state index in [2.05, 4.69) is 30.4 Å². The van der Waals surface area contributed by atoms with E-state index in [-0.39, 0.29) is 0 Å². The van der Waals surface area contributed by atoms with E-state index in [4.69, 9.17) is 9.47 Å². The summed E-state index contributed by atoms with van der Waals surface area (Å²) in [5.74, 6) is -2.14. The van der Waals surface area contributed by atoms with E-state index in [0.29, 0.717) is 0 Å². The smallest absolute Gasteiger partial charge is 0.330 e. The molecule has 7 heteroatoms. The summed E-state index contributed by atoms with van der Waals surface area (Å²) in [7, 11) is 0. The Labute approximate surface area is 128 Å².